The number of hydrogen-bond donors (Lipinski definition) is 0. The molecular formula is C15H19FN2. The molecule has 1 aliphatic rings. The summed E-state index contributed by atoms with van der Waals surface area (Å²) in [6.07, 6.45) is 3.67. The smallest absolute Gasteiger partial charge is 0.124 e. The second-order valence-electron chi connectivity index (χ2n) is 5.26. The molecule has 0 bridgehead atoms. The minimum absolute atomic E-state index is 0.318. The third-order valence-electron chi connectivity index (χ3n) is 3.83. The Morgan fingerprint density at radius 1 is 1.28 bits per heavy atom. The van der Waals surface area contributed by atoms with Gasteiger partial charge in [-0.25, -0.2) is 4.39 Å². The van der Waals surface area contributed by atoms with E-state index in [1.165, 1.54) is 31.4 Å². The van der Waals surface area contributed by atoms with Crippen LogP contribution in [0.5, 0.6) is 0 Å². The Hall–Kier alpha value is -1.40. The van der Waals surface area contributed by atoms with E-state index in [1.54, 1.807) is 6.07 Å². The van der Waals surface area contributed by atoms with Gasteiger partial charge in [-0.1, -0.05) is 6.42 Å². The summed E-state index contributed by atoms with van der Waals surface area (Å²) >= 11 is 0. The molecule has 18 heavy (non-hydrogen) atoms. The third-order valence-corrected chi connectivity index (χ3v) is 3.83. The predicted molar refractivity (Wildman–Crippen MR) is 69.4 cm³/mol. The maximum absolute atomic E-state index is 13.4. The molecule has 1 saturated heterocycles. The fourth-order valence-corrected chi connectivity index (χ4v) is 2.80. The summed E-state index contributed by atoms with van der Waals surface area (Å²) in [5, 5.41) is 8.87. The quantitative estimate of drug-likeness (QED) is 0.799. The Bertz CT molecular complexity index is 454. The molecule has 0 saturated carbocycles. The van der Waals surface area contributed by atoms with Crippen molar-refractivity contribution in [2.75, 3.05) is 0 Å². The van der Waals surface area contributed by atoms with E-state index in [1.807, 2.05) is 6.07 Å². The van der Waals surface area contributed by atoms with Gasteiger partial charge in [0.15, 0.2) is 0 Å². The topological polar surface area (TPSA) is 27.0 Å². The van der Waals surface area contributed by atoms with Crippen LogP contribution >= 0.6 is 0 Å². The van der Waals surface area contributed by atoms with Crippen molar-refractivity contribution in [3.63, 3.8) is 0 Å². The van der Waals surface area contributed by atoms with E-state index < -0.39 is 0 Å². The Morgan fingerprint density at radius 3 is 2.56 bits per heavy atom. The molecule has 0 radical (unpaired) electrons. The van der Waals surface area contributed by atoms with Gasteiger partial charge in [-0.05, 0) is 50.5 Å². The van der Waals surface area contributed by atoms with Crippen LogP contribution in [0.1, 0.15) is 44.2 Å². The van der Waals surface area contributed by atoms with Gasteiger partial charge in [-0.3, -0.25) is 4.90 Å². The van der Waals surface area contributed by atoms with Crippen molar-refractivity contribution in [3.8, 4) is 6.07 Å². The number of nitriles is 1. The van der Waals surface area contributed by atoms with E-state index >= 15 is 0 Å². The van der Waals surface area contributed by atoms with Crippen LogP contribution in [0.3, 0.4) is 0 Å². The third kappa shape index (κ3) is 2.88. The summed E-state index contributed by atoms with van der Waals surface area (Å²) < 4.78 is 13.4. The zero-order valence-corrected chi connectivity index (χ0v) is 11.0. The number of hydrogen-bond acceptors (Lipinski definition) is 2. The highest BCUT2D eigenvalue weighted by Crippen LogP contribution is 2.25. The fraction of sp³-hybridized carbons (Fsp3) is 0.533. The van der Waals surface area contributed by atoms with Gasteiger partial charge in [-0.2, -0.15) is 5.26 Å². The molecule has 1 aromatic rings. The van der Waals surface area contributed by atoms with Crippen LogP contribution in [-0.4, -0.2) is 17.0 Å². The molecule has 1 aromatic carbocycles. The standard InChI is InChI=1S/C15H19FN2/c1-11-4-3-5-12(2)18(11)10-14-6-13(9-17)7-15(16)8-14/h6-8,11-12H,3-5,10H2,1-2H3. The first-order chi connectivity index (χ1) is 8.60. The van der Waals surface area contributed by atoms with Crippen LogP contribution in [0.15, 0.2) is 18.2 Å². The van der Waals surface area contributed by atoms with Gasteiger partial charge < -0.3 is 0 Å². The molecule has 2 unspecified atom stereocenters. The molecule has 0 N–H and O–H groups in total. The first-order valence-electron chi connectivity index (χ1n) is 6.55. The van der Waals surface area contributed by atoms with Crippen molar-refractivity contribution < 1.29 is 4.39 Å². The van der Waals surface area contributed by atoms with Gasteiger partial charge in [0.2, 0.25) is 0 Å². The Labute approximate surface area is 108 Å². The normalized spacial score (nSPS) is 24.8. The zero-order valence-electron chi connectivity index (χ0n) is 11.0. The van der Waals surface area contributed by atoms with Crippen molar-refractivity contribution in [1.29, 1.82) is 5.26 Å². The summed E-state index contributed by atoms with van der Waals surface area (Å²) in [4.78, 5) is 2.40. The van der Waals surface area contributed by atoms with Crippen LogP contribution < -0.4 is 0 Å². The number of halogens is 1. The van der Waals surface area contributed by atoms with Crippen LogP contribution in [0.2, 0.25) is 0 Å². The lowest BCUT2D eigenvalue weighted by molar-refractivity contribution is 0.0951. The van der Waals surface area contributed by atoms with Crippen LogP contribution in [0, 0.1) is 17.1 Å². The molecular weight excluding hydrogens is 227 g/mol. The molecule has 2 rings (SSSR count). The first-order valence-corrected chi connectivity index (χ1v) is 6.55. The summed E-state index contributed by atoms with van der Waals surface area (Å²) in [6.45, 7) is 5.18. The molecule has 1 fully saturated rings. The molecule has 2 atom stereocenters. The van der Waals surface area contributed by atoms with Gasteiger partial charge in [-0.15, -0.1) is 0 Å². The molecule has 1 heterocycles. The molecule has 3 heteroatoms. The van der Waals surface area contributed by atoms with Gasteiger partial charge in [0.1, 0.15) is 5.82 Å². The second-order valence-corrected chi connectivity index (χ2v) is 5.26. The first kappa shape index (κ1) is 13.0. The van der Waals surface area contributed by atoms with Crippen LogP contribution in [0.4, 0.5) is 4.39 Å². The molecule has 96 valence electrons. The van der Waals surface area contributed by atoms with Crippen molar-refractivity contribution in [2.24, 2.45) is 0 Å². The lowest BCUT2D eigenvalue weighted by Crippen LogP contribution is -2.42. The van der Waals surface area contributed by atoms with Gasteiger partial charge in [0.25, 0.3) is 0 Å². The highest BCUT2D eigenvalue weighted by molar-refractivity contribution is 5.33. The van der Waals surface area contributed by atoms with E-state index in [0.29, 0.717) is 17.6 Å². The summed E-state index contributed by atoms with van der Waals surface area (Å²) in [6, 6.07) is 7.68. The van der Waals surface area contributed by atoms with Crippen LogP contribution in [-0.2, 0) is 6.54 Å². The number of rotatable bonds is 2. The summed E-state index contributed by atoms with van der Waals surface area (Å²) in [5.41, 5.74) is 1.30. The molecule has 0 amide bonds. The van der Waals surface area contributed by atoms with E-state index in [9.17, 15) is 4.39 Å². The van der Waals surface area contributed by atoms with E-state index in [0.717, 1.165) is 12.1 Å². The van der Waals surface area contributed by atoms with Gasteiger partial charge in [0, 0.05) is 18.6 Å². The van der Waals surface area contributed by atoms with Gasteiger partial charge in [0.05, 0.1) is 11.6 Å². The molecule has 0 spiro atoms. The number of benzene rings is 1. The van der Waals surface area contributed by atoms with Crippen molar-refractivity contribution in [2.45, 2.75) is 51.7 Å². The van der Waals surface area contributed by atoms with Crippen molar-refractivity contribution in [3.05, 3.63) is 35.1 Å². The van der Waals surface area contributed by atoms with E-state index in [-0.39, 0.29) is 5.82 Å². The second kappa shape index (κ2) is 5.49. The maximum atomic E-state index is 13.4. The SMILES string of the molecule is CC1CCCC(C)N1Cc1cc(F)cc(C#N)c1. The van der Waals surface area contributed by atoms with Crippen molar-refractivity contribution >= 4 is 0 Å². The van der Waals surface area contributed by atoms with Crippen LogP contribution in [0.25, 0.3) is 0 Å². The summed E-state index contributed by atoms with van der Waals surface area (Å²) in [5.74, 6) is -0.318. The van der Waals surface area contributed by atoms with Crippen molar-refractivity contribution in [1.82, 2.24) is 4.90 Å². The highest BCUT2D eigenvalue weighted by Gasteiger charge is 2.24. The fourth-order valence-electron chi connectivity index (χ4n) is 2.80. The average Bonchev–Trinajstić information content (AvgIpc) is 2.33. The largest absolute Gasteiger partial charge is 0.294 e. The van der Waals surface area contributed by atoms with Gasteiger partial charge >= 0.3 is 0 Å². The number of likely N-dealkylation sites (tertiary alicyclic amines) is 1. The number of piperidine rings is 1. The monoisotopic (exact) mass is 246 g/mol. The zero-order chi connectivity index (χ0) is 13.1. The minimum atomic E-state index is -0.318. The molecule has 2 nitrogen and oxygen atoms in total. The maximum Gasteiger partial charge on any atom is 0.124 e. The lowest BCUT2D eigenvalue weighted by Gasteiger charge is -2.39. The highest BCUT2D eigenvalue weighted by atomic mass is 19.1. The molecule has 1 aliphatic heterocycles. The minimum Gasteiger partial charge on any atom is -0.294 e. The Kier molecular flexibility index (Phi) is 3.98. The predicted octanol–water partition coefficient (Wildman–Crippen LogP) is 3.46. The van der Waals surface area contributed by atoms with E-state index in [2.05, 4.69) is 18.7 Å². The Balaban J connectivity index is 2.17. The average molecular weight is 246 g/mol. The van der Waals surface area contributed by atoms with E-state index in [4.69, 9.17) is 5.26 Å². The number of nitrogens with zero attached hydrogens (tertiary/aromatic N) is 2. The Morgan fingerprint density at radius 2 is 1.94 bits per heavy atom. The molecule has 0 aliphatic carbocycles. The summed E-state index contributed by atoms with van der Waals surface area (Å²) in [7, 11) is 0. The lowest BCUT2D eigenvalue weighted by atomic mass is 9.96. The molecule has 0 aromatic heterocycles.